The van der Waals surface area contributed by atoms with Gasteiger partial charge in [-0.05, 0) is 38.0 Å². The first-order valence-electron chi connectivity index (χ1n) is 7.26. The first-order chi connectivity index (χ1) is 9.08. The van der Waals surface area contributed by atoms with Crippen molar-refractivity contribution in [2.24, 2.45) is 11.8 Å². The molecule has 1 heterocycles. The Morgan fingerprint density at radius 2 is 1.74 bits per heavy atom. The van der Waals surface area contributed by atoms with E-state index in [-0.39, 0.29) is 18.1 Å². The summed E-state index contributed by atoms with van der Waals surface area (Å²) in [5.74, 6) is -0.624. The number of ether oxygens (including phenoxy) is 1. The van der Waals surface area contributed by atoms with Crippen molar-refractivity contribution in [2.75, 3.05) is 13.1 Å². The third-order valence-corrected chi connectivity index (χ3v) is 4.39. The average Bonchev–Trinajstić information content (AvgIpc) is 2.41. The molecule has 0 aromatic carbocycles. The molecule has 1 aliphatic heterocycles. The standard InChI is InChI=1S/C14H23NO4/c1-10-4-2-3-5-12(10)19-14(18)15-8-6-11(7-9-15)13(16)17/h10-12H,2-9H2,1H3,(H,16,17)/t10-,12+/m1/s1. The smallest absolute Gasteiger partial charge is 0.410 e. The van der Waals surface area contributed by atoms with Gasteiger partial charge >= 0.3 is 12.1 Å². The zero-order valence-electron chi connectivity index (χ0n) is 11.5. The molecule has 2 fully saturated rings. The second-order valence-corrected chi connectivity index (χ2v) is 5.78. The van der Waals surface area contributed by atoms with Crippen LogP contribution in [0.5, 0.6) is 0 Å². The molecular weight excluding hydrogens is 246 g/mol. The van der Waals surface area contributed by atoms with E-state index in [0.717, 1.165) is 19.3 Å². The number of nitrogens with zero attached hydrogens (tertiary/aromatic N) is 1. The summed E-state index contributed by atoms with van der Waals surface area (Å²) in [7, 11) is 0. The van der Waals surface area contributed by atoms with Crippen molar-refractivity contribution in [3.8, 4) is 0 Å². The summed E-state index contributed by atoms with van der Waals surface area (Å²) >= 11 is 0. The van der Waals surface area contributed by atoms with Crippen LogP contribution in [0.15, 0.2) is 0 Å². The number of amides is 1. The van der Waals surface area contributed by atoms with Crippen LogP contribution in [0.2, 0.25) is 0 Å². The molecule has 2 aliphatic rings. The van der Waals surface area contributed by atoms with Crippen molar-refractivity contribution >= 4 is 12.1 Å². The molecule has 2 rings (SSSR count). The average molecular weight is 269 g/mol. The number of hydrogen-bond donors (Lipinski definition) is 1. The minimum atomic E-state index is -0.756. The van der Waals surface area contributed by atoms with Gasteiger partial charge in [0.25, 0.3) is 0 Å². The molecule has 5 heteroatoms. The van der Waals surface area contributed by atoms with Crippen molar-refractivity contribution in [3.63, 3.8) is 0 Å². The highest BCUT2D eigenvalue weighted by atomic mass is 16.6. The van der Waals surface area contributed by atoms with E-state index in [1.165, 1.54) is 6.42 Å². The van der Waals surface area contributed by atoms with Crippen LogP contribution in [0.4, 0.5) is 4.79 Å². The topological polar surface area (TPSA) is 66.8 Å². The van der Waals surface area contributed by atoms with Crippen LogP contribution in [-0.2, 0) is 9.53 Å². The Morgan fingerprint density at radius 1 is 1.11 bits per heavy atom. The lowest BCUT2D eigenvalue weighted by molar-refractivity contribution is -0.143. The van der Waals surface area contributed by atoms with Gasteiger partial charge in [-0.3, -0.25) is 4.79 Å². The first kappa shape index (κ1) is 14.2. The number of aliphatic carboxylic acids is 1. The van der Waals surface area contributed by atoms with E-state index in [9.17, 15) is 9.59 Å². The molecule has 1 aliphatic carbocycles. The lowest BCUT2D eigenvalue weighted by atomic mass is 9.88. The number of hydrogen-bond acceptors (Lipinski definition) is 3. The molecule has 19 heavy (non-hydrogen) atoms. The van der Waals surface area contributed by atoms with Crippen LogP contribution < -0.4 is 0 Å². The van der Waals surface area contributed by atoms with Gasteiger partial charge in [-0.15, -0.1) is 0 Å². The molecule has 0 spiro atoms. The Bertz CT molecular complexity index is 336. The molecule has 0 unspecified atom stereocenters. The van der Waals surface area contributed by atoms with Crippen LogP contribution in [0.1, 0.15) is 45.4 Å². The number of piperidine rings is 1. The molecular formula is C14H23NO4. The number of rotatable bonds is 2. The normalized spacial score (nSPS) is 29.0. The maximum Gasteiger partial charge on any atom is 0.410 e. The van der Waals surface area contributed by atoms with Gasteiger partial charge in [-0.25, -0.2) is 4.79 Å². The lowest BCUT2D eigenvalue weighted by Crippen LogP contribution is -2.42. The lowest BCUT2D eigenvalue weighted by Gasteiger charge is -2.33. The second-order valence-electron chi connectivity index (χ2n) is 5.78. The van der Waals surface area contributed by atoms with Gasteiger partial charge in [0.2, 0.25) is 0 Å². The van der Waals surface area contributed by atoms with Gasteiger partial charge in [0.05, 0.1) is 5.92 Å². The van der Waals surface area contributed by atoms with Crippen molar-refractivity contribution in [1.29, 1.82) is 0 Å². The fourth-order valence-electron chi connectivity index (χ4n) is 2.97. The molecule has 5 nitrogen and oxygen atoms in total. The zero-order chi connectivity index (χ0) is 13.8. The number of carbonyl (C=O) groups excluding carboxylic acids is 1. The Kier molecular flexibility index (Phi) is 4.66. The third kappa shape index (κ3) is 3.61. The summed E-state index contributed by atoms with van der Waals surface area (Å²) in [6, 6.07) is 0. The van der Waals surface area contributed by atoms with Crippen LogP contribution >= 0.6 is 0 Å². The SMILES string of the molecule is C[C@@H]1CCCC[C@@H]1OC(=O)N1CCC(C(=O)O)CC1. The Morgan fingerprint density at radius 3 is 2.32 bits per heavy atom. The van der Waals surface area contributed by atoms with Crippen molar-refractivity contribution in [3.05, 3.63) is 0 Å². The summed E-state index contributed by atoms with van der Waals surface area (Å²) in [4.78, 5) is 24.6. The molecule has 0 aromatic heterocycles. The Balaban J connectivity index is 1.79. The van der Waals surface area contributed by atoms with Crippen LogP contribution in [0.25, 0.3) is 0 Å². The maximum atomic E-state index is 12.0. The zero-order valence-corrected chi connectivity index (χ0v) is 11.5. The molecule has 1 saturated carbocycles. The molecule has 108 valence electrons. The number of carboxylic acids is 1. The van der Waals surface area contributed by atoms with Crippen LogP contribution in [-0.4, -0.2) is 41.3 Å². The first-order valence-corrected chi connectivity index (χ1v) is 7.26. The van der Waals surface area contributed by atoms with Crippen LogP contribution in [0, 0.1) is 11.8 Å². The van der Waals surface area contributed by atoms with E-state index in [1.54, 1.807) is 4.90 Å². The molecule has 0 bridgehead atoms. The van der Waals surface area contributed by atoms with Gasteiger partial charge in [-0.1, -0.05) is 13.3 Å². The molecule has 1 amide bonds. The van der Waals surface area contributed by atoms with E-state index >= 15 is 0 Å². The maximum absolute atomic E-state index is 12.0. The van der Waals surface area contributed by atoms with E-state index in [4.69, 9.17) is 9.84 Å². The summed E-state index contributed by atoms with van der Waals surface area (Å²) < 4.78 is 5.58. The Labute approximate surface area is 113 Å². The van der Waals surface area contributed by atoms with Gasteiger partial charge in [0.15, 0.2) is 0 Å². The predicted octanol–water partition coefficient (Wildman–Crippen LogP) is 2.50. The largest absolute Gasteiger partial charge is 0.481 e. The predicted molar refractivity (Wildman–Crippen MR) is 69.8 cm³/mol. The van der Waals surface area contributed by atoms with Gasteiger partial charge < -0.3 is 14.7 Å². The number of carboxylic acid groups (broad SMARTS) is 1. The molecule has 0 aromatic rings. The van der Waals surface area contributed by atoms with E-state index in [2.05, 4.69) is 6.92 Å². The second kappa shape index (κ2) is 6.26. The van der Waals surface area contributed by atoms with Crippen molar-refractivity contribution < 1.29 is 19.4 Å². The molecule has 0 radical (unpaired) electrons. The molecule has 1 N–H and O–H groups in total. The summed E-state index contributed by atoms with van der Waals surface area (Å²) in [5.41, 5.74) is 0. The third-order valence-electron chi connectivity index (χ3n) is 4.39. The van der Waals surface area contributed by atoms with Crippen LogP contribution in [0.3, 0.4) is 0 Å². The van der Waals surface area contributed by atoms with E-state index in [1.807, 2.05) is 0 Å². The quantitative estimate of drug-likeness (QED) is 0.836. The number of likely N-dealkylation sites (tertiary alicyclic amines) is 1. The van der Waals surface area contributed by atoms with Crippen molar-refractivity contribution in [2.45, 2.75) is 51.6 Å². The van der Waals surface area contributed by atoms with E-state index in [0.29, 0.717) is 31.8 Å². The van der Waals surface area contributed by atoms with E-state index < -0.39 is 5.97 Å². The van der Waals surface area contributed by atoms with Gasteiger partial charge in [-0.2, -0.15) is 0 Å². The van der Waals surface area contributed by atoms with Gasteiger partial charge in [0.1, 0.15) is 6.10 Å². The summed E-state index contributed by atoms with van der Waals surface area (Å²) in [6.07, 6.45) is 5.27. The molecule has 2 atom stereocenters. The van der Waals surface area contributed by atoms with Gasteiger partial charge in [0, 0.05) is 13.1 Å². The number of carbonyl (C=O) groups is 2. The fourth-order valence-corrected chi connectivity index (χ4v) is 2.97. The minimum Gasteiger partial charge on any atom is -0.481 e. The summed E-state index contributed by atoms with van der Waals surface area (Å²) in [6.45, 7) is 3.13. The fraction of sp³-hybridized carbons (Fsp3) is 0.857. The highest BCUT2D eigenvalue weighted by Gasteiger charge is 2.31. The van der Waals surface area contributed by atoms with Crippen molar-refractivity contribution in [1.82, 2.24) is 4.90 Å². The Hall–Kier alpha value is -1.26. The highest BCUT2D eigenvalue weighted by Crippen LogP contribution is 2.27. The molecule has 1 saturated heterocycles. The minimum absolute atomic E-state index is 0.0402. The monoisotopic (exact) mass is 269 g/mol. The highest BCUT2D eigenvalue weighted by molar-refractivity contribution is 5.71. The summed E-state index contributed by atoms with van der Waals surface area (Å²) in [5, 5.41) is 8.92.